The zero-order valence-electron chi connectivity index (χ0n) is 23.5. The molecule has 9 heteroatoms. The summed E-state index contributed by atoms with van der Waals surface area (Å²) in [4.78, 5) is 28.5. The number of nitrogens with two attached hydrogens (primary N) is 1. The van der Waals surface area contributed by atoms with Crippen LogP contribution in [-0.4, -0.2) is 55.0 Å². The number of amides is 2. The van der Waals surface area contributed by atoms with Gasteiger partial charge in [0.2, 0.25) is 17.6 Å². The predicted molar refractivity (Wildman–Crippen MR) is 156 cm³/mol. The number of aromatic nitrogens is 4. The zero-order chi connectivity index (χ0) is 28.7. The SMILES string of the molecule is CC(C)N(Cc1ccc(-c2ccccc2-c2nn[nH]n2)cc1)C(=O)[C@@H](CCc1ccccc1)NC(=O)C(C)(C)N. The molecule has 0 saturated heterocycles. The van der Waals surface area contributed by atoms with Gasteiger partial charge in [-0.2, -0.15) is 5.21 Å². The van der Waals surface area contributed by atoms with E-state index in [1.165, 1.54) is 0 Å². The van der Waals surface area contributed by atoms with Crippen molar-refractivity contribution in [1.82, 2.24) is 30.8 Å². The second-order valence-electron chi connectivity index (χ2n) is 10.8. The number of aromatic amines is 1. The van der Waals surface area contributed by atoms with Crippen molar-refractivity contribution in [1.29, 1.82) is 0 Å². The molecule has 0 aliphatic carbocycles. The van der Waals surface area contributed by atoms with Gasteiger partial charge in [0.05, 0.1) is 5.54 Å². The van der Waals surface area contributed by atoms with Gasteiger partial charge in [0, 0.05) is 18.2 Å². The monoisotopic (exact) mass is 539 g/mol. The molecule has 0 bridgehead atoms. The van der Waals surface area contributed by atoms with Crippen LogP contribution in [0.25, 0.3) is 22.5 Å². The van der Waals surface area contributed by atoms with Crippen molar-refractivity contribution in [3.63, 3.8) is 0 Å². The molecule has 208 valence electrons. The first-order valence-electron chi connectivity index (χ1n) is 13.5. The van der Waals surface area contributed by atoms with Crippen molar-refractivity contribution < 1.29 is 9.59 Å². The molecular formula is C31H37N7O2. The van der Waals surface area contributed by atoms with E-state index in [-0.39, 0.29) is 17.9 Å². The summed E-state index contributed by atoms with van der Waals surface area (Å²) in [6.45, 7) is 7.65. The number of nitrogens with one attached hydrogen (secondary N) is 2. The number of hydrogen-bond acceptors (Lipinski definition) is 6. The standard InChI is InChI=1S/C31H37N7O2/c1-21(2)38(29(39)27(33-30(40)31(3,4)32)19-16-22-10-6-5-7-11-22)20-23-14-17-24(18-15-23)25-12-8-9-13-26(25)28-34-36-37-35-28/h5-15,17-18,21,27H,16,19-20,32H2,1-4H3,(H,33,40)(H,34,35,36,37)/t27-/m1/s1. The Labute approximate surface area is 235 Å². The number of H-pyrrole nitrogens is 1. The van der Waals surface area contributed by atoms with Crippen LogP contribution < -0.4 is 11.1 Å². The van der Waals surface area contributed by atoms with Gasteiger partial charge in [0.25, 0.3) is 0 Å². The van der Waals surface area contributed by atoms with Crippen molar-refractivity contribution in [2.75, 3.05) is 0 Å². The summed E-state index contributed by atoms with van der Waals surface area (Å²) in [6, 6.07) is 25.2. The van der Waals surface area contributed by atoms with Gasteiger partial charge < -0.3 is 16.0 Å². The Balaban J connectivity index is 1.54. The van der Waals surface area contributed by atoms with Gasteiger partial charge in [-0.3, -0.25) is 9.59 Å². The molecule has 0 aliphatic heterocycles. The van der Waals surface area contributed by atoms with Crippen molar-refractivity contribution >= 4 is 11.8 Å². The maximum atomic E-state index is 13.9. The van der Waals surface area contributed by atoms with Crippen LogP contribution in [-0.2, 0) is 22.6 Å². The summed E-state index contributed by atoms with van der Waals surface area (Å²) in [6.07, 6.45) is 1.13. The molecule has 0 unspecified atom stereocenters. The molecule has 0 aliphatic rings. The molecule has 1 atom stereocenters. The molecule has 9 nitrogen and oxygen atoms in total. The summed E-state index contributed by atoms with van der Waals surface area (Å²) < 4.78 is 0. The largest absolute Gasteiger partial charge is 0.343 e. The highest BCUT2D eigenvalue weighted by atomic mass is 16.2. The van der Waals surface area contributed by atoms with E-state index in [0.29, 0.717) is 25.2 Å². The average molecular weight is 540 g/mol. The normalized spacial score (nSPS) is 12.2. The minimum atomic E-state index is -1.10. The third-order valence-electron chi connectivity index (χ3n) is 6.79. The van der Waals surface area contributed by atoms with E-state index < -0.39 is 11.6 Å². The fourth-order valence-electron chi connectivity index (χ4n) is 4.46. The number of benzene rings is 3. The topological polar surface area (TPSA) is 130 Å². The Bertz CT molecular complexity index is 1400. The van der Waals surface area contributed by atoms with E-state index in [4.69, 9.17) is 5.73 Å². The van der Waals surface area contributed by atoms with Crippen LogP contribution in [0.2, 0.25) is 0 Å². The molecular weight excluding hydrogens is 502 g/mol. The Hall–Kier alpha value is -4.37. The smallest absolute Gasteiger partial charge is 0.245 e. The van der Waals surface area contributed by atoms with Crippen molar-refractivity contribution in [2.24, 2.45) is 5.73 Å². The molecule has 0 spiro atoms. The zero-order valence-corrected chi connectivity index (χ0v) is 23.5. The van der Waals surface area contributed by atoms with Crippen LogP contribution in [0.1, 0.15) is 45.2 Å². The van der Waals surface area contributed by atoms with Gasteiger partial charge >= 0.3 is 0 Å². The van der Waals surface area contributed by atoms with Crippen LogP contribution in [0.15, 0.2) is 78.9 Å². The molecule has 0 radical (unpaired) electrons. The Kier molecular flexibility index (Phi) is 9.06. The Morgan fingerprint density at radius 2 is 1.57 bits per heavy atom. The summed E-state index contributed by atoms with van der Waals surface area (Å²) >= 11 is 0. The molecule has 2 amide bonds. The van der Waals surface area contributed by atoms with E-state index >= 15 is 0 Å². The minimum absolute atomic E-state index is 0.0758. The van der Waals surface area contributed by atoms with Crippen molar-refractivity contribution in [2.45, 2.75) is 64.7 Å². The highest BCUT2D eigenvalue weighted by Gasteiger charge is 2.31. The lowest BCUT2D eigenvalue weighted by atomic mass is 9.98. The van der Waals surface area contributed by atoms with Gasteiger partial charge in [-0.05, 0) is 68.0 Å². The molecule has 3 aromatic carbocycles. The van der Waals surface area contributed by atoms with Gasteiger partial charge in [0.1, 0.15) is 6.04 Å². The van der Waals surface area contributed by atoms with Gasteiger partial charge in [-0.25, -0.2) is 0 Å². The van der Waals surface area contributed by atoms with Crippen LogP contribution >= 0.6 is 0 Å². The van der Waals surface area contributed by atoms with Gasteiger partial charge in [-0.15, -0.1) is 10.2 Å². The molecule has 1 heterocycles. The van der Waals surface area contributed by atoms with E-state index in [0.717, 1.165) is 27.8 Å². The summed E-state index contributed by atoms with van der Waals surface area (Å²) in [5, 5.41) is 17.4. The lowest BCUT2D eigenvalue weighted by molar-refractivity contribution is -0.139. The number of rotatable bonds is 11. The lowest BCUT2D eigenvalue weighted by Gasteiger charge is -2.32. The average Bonchev–Trinajstić information content (AvgIpc) is 3.49. The molecule has 0 saturated carbocycles. The Morgan fingerprint density at radius 3 is 2.17 bits per heavy atom. The van der Waals surface area contributed by atoms with Crippen LogP contribution in [0, 0.1) is 0 Å². The molecule has 4 aromatic rings. The van der Waals surface area contributed by atoms with E-state index in [1.807, 2.05) is 97.6 Å². The van der Waals surface area contributed by atoms with Crippen LogP contribution in [0.5, 0.6) is 0 Å². The number of aryl methyl sites for hydroxylation is 1. The van der Waals surface area contributed by atoms with E-state index in [1.54, 1.807) is 13.8 Å². The quantitative estimate of drug-likeness (QED) is 0.263. The highest BCUT2D eigenvalue weighted by molar-refractivity contribution is 5.91. The van der Waals surface area contributed by atoms with Crippen LogP contribution in [0.4, 0.5) is 0 Å². The molecule has 40 heavy (non-hydrogen) atoms. The summed E-state index contributed by atoms with van der Waals surface area (Å²) in [5.74, 6) is 0.0443. The number of hydrogen-bond donors (Lipinski definition) is 3. The second-order valence-corrected chi connectivity index (χ2v) is 10.8. The van der Waals surface area contributed by atoms with E-state index in [2.05, 4.69) is 25.9 Å². The first-order valence-corrected chi connectivity index (χ1v) is 13.5. The number of carbonyl (C=O) groups is 2. The van der Waals surface area contributed by atoms with Crippen molar-refractivity contribution in [3.8, 4) is 22.5 Å². The molecule has 4 rings (SSSR count). The molecule has 0 fully saturated rings. The first-order chi connectivity index (χ1) is 19.1. The summed E-state index contributed by atoms with van der Waals surface area (Å²) in [5.41, 5.74) is 9.91. The van der Waals surface area contributed by atoms with Gasteiger partial charge in [0.15, 0.2) is 0 Å². The summed E-state index contributed by atoms with van der Waals surface area (Å²) in [7, 11) is 0. The number of nitrogens with zero attached hydrogens (tertiary/aromatic N) is 4. The molecule has 4 N–H and O–H groups in total. The van der Waals surface area contributed by atoms with Crippen molar-refractivity contribution in [3.05, 3.63) is 90.0 Å². The first kappa shape index (κ1) is 28.6. The fourth-order valence-corrected chi connectivity index (χ4v) is 4.46. The van der Waals surface area contributed by atoms with E-state index in [9.17, 15) is 9.59 Å². The third kappa shape index (κ3) is 7.18. The lowest BCUT2D eigenvalue weighted by Crippen LogP contribution is -2.57. The third-order valence-corrected chi connectivity index (χ3v) is 6.79. The van der Waals surface area contributed by atoms with Gasteiger partial charge in [-0.1, -0.05) is 78.9 Å². The highest BCUT2D eigenvalue weighted by Crippen LogP contribution is 2.30. The predicted octanol–water partition coefficient (Wildman–Crippen LogP) is 4.13. The second kappa shape index (κ2) is 12.7. The Morgan fingerprint density at radius 1 is 0.925 bits per heavy atom. The van der Waals surface area contributed by atoms with Crippen LogP contribution in [0.3, 0.4) is 0 Å². The maximum absolute atomic E-state index is 13.9. The molecule has 1 aromatic heterocycles. The fraction of sp³-hybridized carbons (Fsp3) is 0.323. The number of carbonyl (C=O) groups excluding carboxylic acids is 2. The minimum Gasteiger partial charge on any atom is -0.343 e. The number of tetrazole rings is 1. The maximum Gasteiger partial charge on any atom is 0.245 e.